The van der Waals surface area contributed by atoms with E-state index in [2.05, 4.69) is 0 Å². The molecule has 3 aliphatic heterocycles. The average molecular weight is 397 g/mol. The highest BCUT2D eigenvalue weighted by Crippen LogP contribution is 2.70. The maximum absolute atomic E-state index is 13.7. The Morgan fingerprint density at radius 2 is 1.76 bits per heavy atom. The molecule has 0 aromatic heterocycles. The molecule has 152 valence electrons. The molecular weight excluding hydrogens is 374 g/mol. The minimum absolute atomic E-state index is 0.0584. The molecule has 0 unspecified atom stereocenters. The lowest BCUT2D eigenvalue weighted by Gasteiger charge is -2.47. The van der Waals surface area contributed by atoms with Crippen LogP contribution in [-0.2, 0) is 28.7 Å². The van der Waals surface area contributed by atoms with Crippen LogP contribution in [0.25, 0.3) is 0 Å². The van der Waals surface area contributed by atoms with Gasteiger partial charge in [0.2, 0.25) is 17.4 Å². The van der Waals surface area contributed by atoms with Crippen molar-refractivity contribution in [2.24, 2.45) is 17.3 Å². The quantitative estimate of drug-likeness (QED) is 0.440. The molecule has 1 aromatic rings. The highest BCUT2D eigenvalue weighted by molar-refractivity contribution is 6.29. The molecule has 1 aliphatic carbocycles. The van der Waals surface area contributed by atoms with Crippen LogP contribution in [0.3, 0.4) is 0 Å². The Bertz CT molecular complexity index is 944. The van der Waals surface area contributed by atoms with Crippen LogP contribution in [-0.4, -0.2) is 41.4 Å². The molecule has 29 heavy (non-hydrogen) atoms. The molecule has 2 bridgehead atoms. The van der Waals surface area contributed by atoms with Crippen LogP contribution in [0.5, 0.6) is 0 Å². The lowest BCUT2D eigenvalue weighted by Crippen LogP contribution is -2.62. The molecule has 3 heterocycles. The van der Waals surface area contributed by atoms with Crippen molar-refractivity contribution in [3.8, 4) is 0 Å². The summed E-state index contributed by atoms with van der Waals surface area (Å²) in [4.78, 5) is 55.0. The number of anilines is 1. The van der Waals surface area contributed by atoms with Crippen LogP contribution >= 0.6 is 0 Å². The van der Waals surface area contributed by atoms with Gasteiger partial charge in [0.05, 0.1) is 29.2 Å². The second-order valence-corrected chi connectivity index (χ2v) is 8.62. The summed E-state index contributed by atoms with van der Waals surface area (Å²) in [6.07, 6.45) is 2.59. The van der Waals surface area contributed by atoms with E-state index in [9.17, 15) is 19.2 Å². The summed E-state index contributed by atoms with van der Waals surface area (Å²) in [5.41, 5.74) is -3.72. The van der Waals surface area contributed by atoms with Crippen LogP contribution in [0.1, 0.15) is 39.5 Å². The van der Waals surface area contributed by atoms with Crippen LogP contribution in [0.15, 0.2) is 30.3 Å². The first kappa shape index (κ1) is 18.5. The van der Waals surface area contributed by atoms with Crippen LogP contribution < -0.4 is 4.90 Å². The number of esters is 1. The van der Waals surface area contributed by atoms with E-state index >= 15 is 0 Å². The van der Waals surface area contributed by atoms with E-state index < -0.39 is 52.0 Å². The average Bonchev–Trinajstić information content (AvgIpc) is 3.25. The Balaban J connectivity index is 1.72. The molecule has 0 radical (unpaired) electrons. The fourth-order valence-electron chi connectivity index (χ4n) is 6.21. The van der Waals surface area contributed by atoms with E-state index in [-0.39, 0.29) is 6.61 Å². The monoisotopic (exact) mass is 397 g/mol. The number of hydrogen-bond acceptors (Lipinski definition) is 6. The first-order chi connectivity index (χ1) is 13.8. The third kappa shape index (κ3) is 1.87. The Hall–Kier alpha value is -2.54. The number of hydrogen-bond donors (Lipinski definition) is 0. The van der Waals surface area contributed by atoms with Crippen molar-refractivity contribution in [1.82, 2.24) is 0 Å². The van der Waals surface area contributed by atoms with Crippen molar-refractivity contribution in [2.45, 2.75) is 50.7 Å². The number of benzene rings is 1. The zero-order valence-corrected chi connectivity index (χ0v) is 16.5. The number of nitrogens with zero attached hydrogens (tertiary/aromatic N) is 1. The van der Waals surface area contributed by atoms with Gasteiger partial charge in [-0.2, -0.15) is 0 Å². The number of carbonyl (C=O) groups excluding carboxylic acids is 4. The van der Waals surface area contributed by atoms with Crippen molar-refractivity contribution < 1.29 is 28.7 Å². The molecule has 1 saturated carbocycles. The van der Waals surface area contributed by atoms with Gasteiger partial charge in [-0.25, -0.2) is 9.69 Å². The first-order valence-electron chi connectivity index (χ1n) is 10.2. The van der Waals surface area contributed by atoms with Crippen molar-refractivity contribution in [3.05, 3.63) is 30.3 Å². The summed E-state index contributed by atoms with van der Waals surface area (Å²) in [5, 5.41) is 0. The molecule has 7 nitrogen and oxygen atoms in total. The molecule has 4 fully saturated rings. The van der Waals surface area contributed by atoms with Gasteiger partial charge in [0.25, 0.3) is 0 Å². The fourth-order valence-corrected chi connectivity index (χ4v) is 6.21. The number of fused-ring (bicyclic) bond motifs is 3. The van der Waals surface area contributed by atoms with E-state index in [4.69, 9.17) is 9.47 Å². The highest BCUT2D eigenvalue weighted by atomic mass is 16.6. The van der Waals surface area contributed by atoms with Crippen molar-refractivity contribution in [1.29, 1.82) is 0 Å². The molecule has 5 atom stereocenters. The second-order valence-electron chi connectivity index (χ2n) is 8.62. The standard InChI is InChI=1S/C22H23NO6/c1-3-28-19(27)22-15-14(16(24)23(17(15)25)13-9-5-4-6-10-13)21(29-22)12-8-7-11-20(21,2)18(22)26/h4-6,9-10,14-15H,3,7-8,11-12H2,1-2H3/t14-,15+,20-,21+,22-/m1/s1. The van der Waals surface area contributed by atoms with E-state index in [1.807, 2.05) is 0 Å². The molecule has 1 aromatic carbocycles. The molecule has 4 aliphatic rings. The minimum atomic E-state index is -2.03. The van der Waals surface area contributed by atoms with Gasteiger partial charge >= 0.3 is 5.97 Å². The number of para-hydroxylation sites is 1. The van der Waals surface area contributed by atoms with Crippen molar-refractivity contribution >= 4 is 29.3 Å². The summed E-state index contributed by atoms with van der Waals surface area (Å²) in [5.74, 6) is -4.23. The lowest BCUT2D eigenvalue weighted by atomic mass is 9.50. The van der Waals surface area contributed by atoms with Crippen LogP contribution in [0.4, 0.5) is 5.69 Å². The van der Waals surface area contributed by atoms with Gasteiger partial charge in [0.15, 0.2) is 5.78 Å². The zero-order chi connectivity index (χ0) is 20.6. The van der Waals surface area contributed by atoms with Crippen LogP contribution in [0, 0.1) is 17.3 Å². The Morgan fingerprint density at radius 1 is 1.10 bits per heavy atom. The molecular formula is C22H23NO6. The molecule has 3 saturated heterocycles. The second kappa shape index (κ2) is 5.75. The molecule has 5 rings (SSSR count). The largest absolute Gasteiger partial charge is 0.463 e. The number of rotatable bonds is 3. The zero-order valence-electron chi connectivity index (χ0n) is 16.5. The van der Waals surface area contributed by atoms with E-state index in [0.29, 0.717) is 18.5 Å². The molecule has 0 N–H and O–H groups in total. The third-order valence-electron chi connectivity index (χ3n) is 7.43. The van der Waals surface area contributed by atoms with Gasteiger partial charge in [0.1, 0.15) is 5.92 Å². The smallest absolute Gasteiger partial charge is 0.347 e. The predicted molar refractivity (Wildman–Crippen MR) is 101 cm³/mol. The van der Waals surface area contributed by atoms with Gasteiger partial charge in [-0.3, -0.25) is 14.4 Å². The summed E-state index contributed by atoms with van der Waals surface area (Å²) < 4.78 is 11.5. The Morgan fingerprint density at radius 3 is 2.45 bits per heavy atom. The number of amides is 2. The number of Topliss-reactive ketones (excluding diaryl/α,β-unsaturated/α-hetero) is 1. The third-order valence-corrected chi connectivity index (χ3v) is 7.43. The number of imide groups is 1. The molecule has 2 amide bonds. The number of ether oxygens (including phenoxy) is 2. The SMILES string of the molecule is CCOC(=O)[C@]12O[C@@]3(CCCC[C@]3(C)C1=O)[C@H]1C(=O)N(c3ccccc3)C(=O)[C@H]12. The fraction of sp³-hybridized carbons (Fsp3) is 0.545. The Labute approximate surface area is 168 Å². The van der Waals surface area contributed by atoms with Crippen molar-refractivity contribution in [3.63, 3.8) is 0 Å². The van der Waals surface area contributed by atoms with Gasteiger partial charge in [-0.05, 0) is 38.8 Å². The van der Waals surface area contributed by atoms with Gasteiger partial charge in [-0.15, -0.1) is 0 Å². The van der Waals surface area contributed by atoms with Gasteiger partial charge < -0.3 is 9.47 Å². The highest BCUT2D eigenvalue weighted by Gasteiger charge is 2.88. The lowest BCUT2D eigenvalue weighted by molar-refractivity contribution is -0.177. The summed E-state index contributed by atoms with van der Waals surface area (Å²) in [7, 11) is 0. The Kier molecular flexibility index (Phi) is 3.67. The minimum Gasteiger partial charge on any atom is -0.463 e. The van der Waals surface area contributed by atoms with Crippen molar-refractivity contribution in [2.75, 3.05) is 11.5 Å². The maximum atomic E-state index is 13.7. The molecule has 1 spiro atoms. The van der Waals surface area contributed by atoms with E-state index in [1.165, 1.54) is 0 Å². The normalized spacial score (nSPS) is 40.2. The summed E-state index contributed by atoms with van der Waals surface area (Å²) >= 11 is 0. The topological polar surface area (TPSA) is 90.0 Å². The van der Waals surface area contributed by atoms with E-state index in [1.54, 1.807) is 44.2 Å². The first-order valence-corrected chi connectivity index (χ1v) is 10.2. The molecule has 7 heteroatoms. The number of carbonyl (C=O) groups is 4. The maximum Gasteiger partial charge on any atom is 0.347 e. The predicted octanol–water partition coefficient (Wildman–Crippen LogP) is 2.03. The summed E-state index contributed by atoms with van der Waals surface area (Å²) in [6.45, 7) is 3.49. The van der Waals surface area contributed by atoms with E-state index in [0.717, 1.165) is 17.7 Å². The summed E-state index contributed by atoms with van der Waals surface area (Å²) in [6, 6.07) is 8.63. The van der Waals surface area contributed by atoms with Crippen LogP contribution in [0.2, 0.25) is 0 Å². The van der Waals surface area contributed by atoms with Gasteiger partial charge in [-0.1, -0.05) is 31.0 Å². The van der Waals surface area contributed by atoms with Gasteiger partial charge in [0, 0.05) is 0 Å². The number of ketones is 1.